The van der Waals surface area contributed by atoms with E-state index in [0.29, 0.717) is 12.1 Å². The van der Waals surface area contributed by atoms with Crippen LogP contribution in [0.3, 0.4) is 0 Å². The average molecular weight is 406 g/mol. The lowest BCUT2D eigenvalue weighted by Gasteiger charge is -2.31. The third-order valence-corrected chi connectivity index (χ3v) is 4.83. The largest absolute Gasteiger partial charge is 0.416 e. The van der Waals surface area contributed by atoms with Crippen molar-refractivity contribution in [3.8, 4) is 0 Å². The Morgan fingerprint density at radius 1 is 1.14 bits per heavy atom. The molecule has 1 unspecified atom stereocenters. The number of morpholine rings is 1. The molecule has 156 valence electrons. The maximum Gasteiger partial charge on any atom is 0.416 e. The van der Waals surface area contributed by atoms with E-state index in [1.165, 1.54) is 12.1 Å². The van der Waals surface area contributed by atoms with Gasteiger partial charge in [-0.1, -0.05) is 42.5 Å². The van der Waals surface area contributed by atoms with E-state index in [1.807, 2.05) is 24.3 Å². The predicted octanol–water partition coefficient (Wildman–Crippen LogP) is 3.79. The van der Waals surface area contributed by atoms with Gasteiger partial charge < -0.3 is 10.1 Å². The third kappa shape index (κ3) is 6.58. The molecule has 1 amide bonds. The van der Waals surface area contributed by atoms with Crippen LogP contribution in [0.1, 0.15) is 29.2 Å². The van der Waals surface area contributed by atoms with Gasteiger partial charge in [0.05, 0.1) is 24.7 Å². The molecule has 4 nitrogen and oxygen atoms in total. The lowest BCUT2D eigenvalue weighted by atomic mass is 10.1. The highest BCUT2D eigenvalue weighted by Gasteiger charge is 2.30. The smallest absolute Gasteiger partial charge is 0.376 e. The van der Waals surface area contributed by atoms with Crippen molar-refractivity contribution in [2.45, 2.75) is 38.7 Å². The molecule has 0 bridgehead atoms. The van der Waals surface area contributed by atoms with Crippen LogP contribution >= 0.6 is 0 Å². The normalized spacial score (nSPS) is 17.9. The van der Waals surface area contributed by atoms with Gasteiger partial charge in [-0.2, -0.15) is 13.2 Å². The molecule has 2 aromatic rings. The van der Waals surface area contributed by atoms with E-state index in [9.17, 15) is 18.0 Å². The van der Waals surface area contributed by atoms with E-state index in [-0.39, 0.29) is 18.4 Å². The summed E-state index contributed by atoms with van der Waals surface area (Å²) >= 11 is 0. The number of amides is 1. The molecule has 0 radical (unpaired) electrons. The molecule has 2 aromatic carbocycles. The molecule has 1 fully saturated rings. The number of benzene rings is 2. The minimum Gasteiger partial charge on any atom is -0.376 e. The Bertz CT molecular complexity index is 839. The van der Waals surface area contributed by atoms with Crippen LogP contribution in [0, 0.1) is 0 Å². The number of carbonyl (C=O) groups is 1. The number of ether oxygens (including phenoxy) is 1. The zero-order valence-corrected chi connectivity index (χ0v) is 16.3. The number of nitrogens with zero attached hydrogens (tertiary/aromatic N) is 1. The van der Waals surface area contributed by atoms with Gasteiger partial charge in [-0.3, -0.25) is 9.69 Å². The Kier molecular flexibility index (Phi) is 6.92. The zero-order valence-electron chi connectivity index (χ0n) is 16.3. The van der Waals surface area contributed by atoms with Crippen molar-refractivity contribution in [1.82, 2.24) is 10.2 Å². The second kappa shape index (κ2) is 9.41. The van der Waals surface area contributed by atoms with Gasteiger partial charge in [0, 0.05) is 26.2 Å². The molecule has 7 heteroatoms. The summed E-state index contributed by atoms with van der Waals surface area (Å²) in [5.74, 6) is -0.309. The van der Waals surface area contributed by atoms with Crippen molar-refractivity contribution in [2.24, 2.45) is 0 Å². The third-order valence-electron chi connectivity index (χ3n) is 4.83. The summed E-state index contributed by atoms with van der Waals surface area (Å²) in [6, 6.07) is 12.8. The summed E-state index contributed by atoms with van der Waals surface area (Å²) in [4.78, 5) is 14.5. The van der Waals surface area contributed by atoms with Crippen LogP contribution in [-0.2, 0) is 35.2 Å². The van der Waals surface area contributed by atoms with Crippen molar-refractivity contribution in [3.05, 3.63) is 70.8 Å². The zero-order chi connectivity index (χ0) is 20.9. The van der Waals surface area contributed by atoms with Crippen molar-refractivity contribution in [1.29, 1.82) is 0 Å². The van der Waals surface area contributed by atoms with Gasteiger partial charge in [-0.25, -0.2) is 0 Å². The molecule has 1 saturated heterocycles. The molecule has 1 N–H and O–H groups in total. The standard InChI is InChI=1S/C22H25F3N2O2/c1-16-14-27(8-9-29-16)15-19-6-2-5-18(10-19)13-26-21(28)12-17-4-3-7-20(11-17)22(23,24)25/h2-7,10-11,16H,8-9,12-15H2,1H3,(H,26,28). The second-order valence-electron chi connectivity index (χ2n) is 7.39. The molecule has 1 heterocycles. The fourth-order valence-corrected chi connectivity index (χ4v) is 3.44. The van der Waals surface area contributed by atoms with E-state index in [0.717, 1.165) is 49.5 Å². The number of hydrogen-bond donors (Lipinski definition) is 1. The fourth-order valence-electron chi connectivity index (χ4n) is 3.44. The van der Waals surface area contributed by atoms with Crippen LogP contribution in [-0.4, -0.2) is 36.6 Å². The summed E-state index contributed by atoms with van der Waals surface area (Å²) in [6.45, 7) is 5.72. The molecule has 0 spiro atoms. The topological polar surface area (TPSA) is 41.6 Å². The van der Waals surface area contributed by atoms with Gasteiger partial charge in [-0.15, -0.1) is 0 Å². The Morgan fingerprint density at radius 3 is 2.62 bits per heavy atom. The van der Waals surface area contributed by atoms with Crippen LogP contribution in [0.25, 0.3) is 0 Å². The van der Waals surface area contributed by atoms with Crippen LogP contribution < -0.4 is 5.32 Å². The Balaban J connectivity index is 1.53. The van der Waals surface area contributed by atoms with Gasteiger partial charge in [-0.05, 0) is 29.7 Å². The lowest BCUT2D eigenvalue weighted by Crippen LogP contribution is -2.40. The maximum atomic E-state index is 12.8. The van der Waals surface area contributed by atoms with Crippen LogP contribution in [0.2, 0.25) is 0 Å². The van der Waals surface area contributed by atoms with Crippen LogP contribution in [0.5, 0.6) is 0 Å². The number of carbonyl (C=O) groups excluding carboxylic acids is 1. The first-order valence-electron chi connectivity index (χ1n) is 9.64. The quantitative estimate of drug-likeness (QED) is 0.794. The highest BCUT2D eigenvalue weighted by atomic mass is 19.4. The summed E-state index contributed by atoms with van der Waals surface area (Å²) in [7, 11) is 0. The minimum atomic E-state index is -4.41. The highest BCUT2D eigenvalue weighted by Crippen LogP contribution is 2.29. The van der Waals surface area contributed by atoms with Gasteiger partial charge in [0.2, 0.25) is 5.91 Å². The summed E-state index contributed by atoms with van der Waals surface area (Å²) < 4.78 is 43.9. The Labute approximate surface area is 168 Å². The molecule has 0 aliphatic carbocycles. The minimum absolute atomic E-state index is 0.0880. The van der Waals surface area contributed by atoms with Crippen molar-refractivity contribution in [3.63, 3.8) is 0 Å². The Morgan fingerprint density at radius 2 is 1.86 bits per heavy atom. The number of hydrogen-bond acceptors (Lipinski definition) is 3. The molecular formula is C22H25F3N2O2. The van der Waals surface area contributed by atoms with Gasteiger partial charge in [0.1, 0.15) is 0 Å². The van der Waals surface area contributed by atoms with Gasteiger partial charge >= 0.3 is 6.18 Å². The first-order chi connectivity index (χ1) is 13.8. The van der Waals surface area contributed by atoms with Crippen molar-refractivity contribution < 1.29 is 22.7 Å². The molecule has 1 aliphatic heterocycles. The highest BCUT2D eigenvalue weighted by molar-refractivity contribution is 5.78. The molecule has 0 aromatic heterocycles. The molecule has 3 rings (SSSR count). The van der Waals surface area contributed by atoms with Crippen molar-refractivity contribution in [2.75, 3.05) is 19.7 Å². The number of nitrogens with one attached hydrogen (secondary N) is 1. The monoisotopic (exact) mass is 406 g/mol. The van der Waals surface area contributed by atoms with E-state index < -0.39 is 11.7 Å². The molecule has 29 heavy (non-hydrogen) atoms. The number of rotatable bonds is 6. The van der Waals surface area contributed by atoms with Gasteiger partial charge in [0.25, 0.3) is 0 Å². The average Bonchev–Trinajstić information content (AvgIpc) is 2.66. The van der Waals surface area contributed by atoms with Crippen LogP contribution in [0.4, 0.5) is 13.2 Å². The van der Waals surface area contributed by atoms with E-state index >= 15 is 0 Å². The van der Waals surface area contributed by atoms with Crippen LogP contribution in [0.15, 0.2) is 48.5 Å². The van der Waals surface area contributed by atoms with Gasteiger partial charge in [0.15, 0.2) is 0 Å². The van der Waals surface area contributed by atoms with Crippen molar-refractivity contribution >= 4 is 5.91 Å². The maximum absolute atomic E-state index is 12.8. The molecule has 1 atom stereocenters. The lowest BCUT2D eigenvalue weighted by molar-refractivity contribution is -0.137. The number of halogens is 3. The molecule has 0 saturated carbocycles. The summed E-state index contributed by atoms with van der Waals surface area (Å²) in [5, 5.41) is 2.79. The first kappa shape index (κ1) is 21.3. The summed E-state index contributed by atoms with van der Waals surface area (Å²) in [5.41, 5.74) is 1.71. The second-order valence-corrected chi connectivity index (χ2v) is 7.39. The number of alkyl halides is 3. The van der Waals surface area contributed by atoms with E-state index in [4.69, 9.17) is 4.74 Å². The Hall–Kier alpha value is -2.38. The molecular weight excluding hydrogens is 381 g/mol. The van der Waals surface area contributed by atoms with E-state index in [2.05, 4.69) is 17.1 Å². The predicted molar refractivity (Wildman–Crippen MR) is 104 cm³/mol. The molecule has 1 aliphatic rings. The van der Waals surface area contributed by atoms with E-state index in [1.54, 1.807) is 0 Å². The first-order valence-corrected chi connectivity index (χ1v) is 9.64. The summed E-state index contributed by atoms with van der Waals surface area (Å²) in [6.07, 6.45) is -4.28. The SMILES string of the molecule is CC1CN(Cc2cccc(CNC(=O)Cc3cccc(C(F)(F)F)c3)c2)CCO1. The fraction of sp³-hybridized carbons (Fsp3) is 0.409.